The first-order valence-electron chi connectivity index (χ1n) is 10.5. The Balaban J connectivity index is 1.59. The number of aryl methyl sites for hydroxylation is 1. The molecule has 0 atom stereocenters. The van der Waals surface area contributed by atoms with E-state index in [-0.39, 0.29) is 5.78 Å². The Morgan fingerprint density at radius 2 is 1.96 bits per heavy atom. The molecular formula is C23H34N2O2. The lowest BCUT2D eigenvalue weighted by molar-refractivity contribution is 0.101. The third kappa shape index (κ3) is 4.73. The highest BCUT2D eigenvalue weighted by Crippen LogP contribution is 2.31. The fourth-order valence-electron chi connectivity index (χ4n) is 4.40. The van der Waals surface area contributed by atoms with Gasteiger partial charge >= 0.3 is 0 Å². The maximum absolute atomic E-state index is 12.1. The zero-order chi connectivity index (χ0) is 19.2. The normalized spacial score (nSPS) is 16.1. The van der Waals surface area contributed by atoms with E-state index in [1.54, 1.807) is 14.0 Å². The second kappa shape index (κ2) is 9.41. The minimum absolute atomic E-state index is 0.0948. The summed E-state index contributed by atoms with van der Waals surface area (Å²) in [5.74, 6) is 1.82. The van der Waals surface area contributed by atoms with Crippen molar-refractivity contribution in [1.29, 1.82) is 0 Å². The number of carbonyl (C=O) groups excluding carboxylic acids is 1. The summed E-state index contributed by atoms with van der Waals surface area (Å²) in [6.45, 7) is 8.48. The summed E-state index contributed by atoms with van der Waals surface area (Å²) >= 11 is 0. The number of unbranched alkanes of at least 4 members (excludes halogenated alkanes) is 1. The fourth-order valence-corrected chi connectivity index (χ4v) is 4.40. The molecule has 0 spiro atoms. The number of likely N-dealkylation sites (tertiary alicyclic amines) is 1. The molecule has 0 radical (unpaired) electrons. The van der Waals surface area contributed by atoms with Crippen LogP contribution >= 0.6 is 0 Å². The van der Waals surface area contributed by atoms with Gasteiger partial charge in [0.1, 0.15) is 5.75 Å². The Bertz CT molecular complexity index is 757. The summed E-state index contributed by atoms with van der Waals surface area (Å²) in [5.41, 5.74) is 1.86. The third-order valence-corrected chi connectivity index (χ3v) is 6.01. The van der Waals surface area contributed by atoms with Crippen LogP contribution in [0.15, 0.2) is 24.4 Å². The van der Waals surface area contributed by atoms with Crippen molar-refractivity contribution in [2.45, 2.75) is 58.9 Å². The van der Waals surface area contributed by atoms with Gasteiger partial charge in [-0.1, -0.05) is 32.3 Å². The lowest BCUT2D eigenvalue weighted by Crippen LogP contribution is -2.34. The number of aromatic nitrogens is 1. The zero-order valence-electron chi connectivity index (χ0n) is 17.2. The van der Waals surface area contributed by atoms with E-state index in [4.69, 9.17) is 4.74 Å². The Morgan fingerprint density at radius 3 is 2.63 bits per heavy atom. The highest BCUT2D eigenvalue weighted by atomic mass is 16.5. The molecule has 1 aromatic heterocycles. The van der Waals surface area contributed by atoms with Gasteiger partial charge in [-0.25, -0.2) is 0 Å². The van der Waals surface area contributed by atoms with Crippen molar-refractivity contribution in [1.82, 2.24) is 9.47 Å². The number of benzene rings is 1. The first-order chi connectivity index (χ1) is 13.1. The standard InChI is InChI=1S/C23H34N2O2/c1-4-5-8-19-11-15-24(16-12-19)13-7-14-25-17-20(18(2)26)23-21(25)9-6-10-22(23)27-3/h6,9-10,17,19H,4-5,7-8,11-16H2,1-3H3. The molecule has 0 saturated carbocycles. The quantitative estimate of drug-likeness (QED) is 0.573. The largest absolute Gasteiger partial charge is 0.496 e. The van der Waals surface area contributed by atoms with Gasteiger partial charge in [-0.05, 0) is 63.9 Å². The first-order valence-corrected chi connectivity index (χ1v) is 10.5. The summed E-state index contributed by atoms with van der Waals surface area (Å²) in [4.78, 5) is 14.7. The molecule has 1 fully saturated rings. The Labute approximate surface area is 163 Å². The van der Waals surface area contributed by atoms with Crippen LogP contribution in [0.5, 0.6) is 5.75 Å². The second-order valence-electron chi connectivity index (χ2n) is 7.93. The highest BCUT2D eigenvalue weighted by molar-refractivity contribution is 6.09. The molecule has 1 aliphatic rings. The molecule has 1 saturated heterocycles. The number of Topliss-reactive ketones (excluding diaryl/α,β-unsaturated/α-hetero) is 1. The van der Waals surface area contributed by atoms with Gasteiger partial charge in [0.15, 0.2) is 5.78 Å². The van der Waals surface area contributed by atoms with Gasteiger partial charge in [-0.3, -0.25) is 4.79 Å². The minimum atomic E-state index is 0.0948. The summed E-state index contributed by atoms with van der Waals surface area (Å²) in [7, 11) is 1.67. The number of ketones is 1. The van der Waals surface area contributed by atoms with Gasteiger partial charge < -0.3 is 14.2 Å². The van der Waals surface area contributed by atoms with Crippen LogP contribution in [0, 0.1) is 5.92 Å². The number of hydrogen-bond donors (Lipinski definition) is 0. The topological polar surface area (TPSA) is 34.5 Å². The maximum Gasteiger partial charge on any atom is 0.162 e. The zero-order valence-corrected chi connectivity index (χ0v) is 17.2. The molecule has 1 aliphatic heterocycles. The molecule has 4 nitrogen and oxygen atoms in total. The lowest BCUT2D eigenvalue weighted by atomic mass is 9.91. The van der Waals surface area contributed by atoms with Gasteiger partial charge in [0.05, 0.1) is 18.0 Å². The van der Waals surface area contributed by atoms with Gasteiger partial charge in [-0.15, -0.1) is 0 Å². The SMILES string of the molecule is CCCCC1CCN(CCCn2cc(C(C)=O)c3c(OC)cccc32)CC1. The molecular weight excluding hydrogens is 336 g/mol. The summed E-state index contributed by atoms with van der Waals surface area (Å²) in [6, 6.07) is 6.02. The minimum Gasteiger partial charge on any atom is -0.496 e. The molecule has 0 unspecified atom stereocenters. The molecule has 148 valence electrons. The number of rotatable bonds is 9. The summed E-state index contributed by atoms with van der Waals surface area (Å²) in [6.07, 6.45) is 9.95. The van der Waals surface area contributed by atoms with Crippen LogP contribution in [0.4, 0.5) is 0 Å². The number of nitrogens with zero attached hydrogens (tertiary/aromatic N) is 2. The molecule has 4 heteroatoms. The Hall–Kier alpha value is -1.81. The van der Waals surface area contributed by atoms with Crippen LogP contribution < -0.4 is 4.74 Å². The molecule has 2 heterocycles. The third-order valence-electron chi connectivity index (χ3n) is 6.01. The van der Waals surface area contributed by atoms with Crippen molar-refractivity contribution in [2.24, 2.45) is 5.92 Å². The van der Waals surface area contributed by atoms with E-state index in [2.05, 4.69) is 22.5 Å². The monoisotopic (exact) mass is 370 g/mol. The summed E-state index contributed by atoms with van der Waals surface area (Å²) in [5, 5.41) is 0.948. The highest BCUT2D eigenvalue weighted by Gasteiger charge is 2.19. The smallest absolute Gasteiger partial charge is 0.162 e. The number of methoxy groups -OCH3 is 1. The van der Waals surface area contributed by atoms with Gasteiger partial charge in [0.25, 0.3) is 0 Å². The predicted octanol–water partition coefficient (Wildman–Crippen LogP) is 5.14. The molecule has 0 aliphatic carbocycles. The number of carbonyl (C=O) groups is 1. The number of hydrogen-bond acceptors (Lipinski definition) is 3. The van der Waals surface area contributed by atoms with Crippen molar-refractivity contribution in [3.63, 3.8) is 0 Å². The van der Waals surface area contributed by atoms with E-state index < -0.39 is 0 Å². The first kappa shape index (κ1) is 19.9. The molecule has 27 heavy (non-hydrogen) atoms. The van der Waals surface area contributed by atoms with Crippen molar-refractivity contribution in [2.75, 3.05) is 26.7 Å². The van der Waals surface area contributed by atoms with Crippen molar-refractivity contribution in [3.8, 4) is 5.75 Å². The second-order valence-corrected chi connectivity index (χ2v) is 7.93. The van der Waals surface area contributed by atoms with Crippen molar-refractivity contribution < 1.29 is 9.53 Å². The number of piperidine rings is 1. The van der Waals surface area contributed by atoms with Crippen molar-refractivity contribution >= 4 is 16.7 Å². The van der Waals surface area contributed by atoms with Crippen LogP contribution in [-0.4, -0.2) is 42.0 Å². The number of ether oxygens (including phenoxy) is 1. The molecule has 0 N–H and O–H groups in total. The average molecular weight is 371 g/mol. The molecule has 0 bridgehead atoms. The van der Waals surface area contributed by atoms with E-state index in [0.29, 0.717) is 0 Å². The predicted molar refractivity (Wildman–Crippen MR) is 112 cm³/mol. The van der Waals surface area contributed by atoms with E-state index in [0.717, 1.165) is 47.6 Å². The van der Waals surface area contributed by atoms with Crippen LogP contribution in [0.25, 0.3) is 10.9 Å². The maximum atomic E-state index is 12.1. The van der Waals surface area contributed by atoms with Crippen LogP contribution in [-0.2, 0) is 6.54 Å². The van der Waals surface area contributed by atoms with Gasteiger partial charge in [0.2, 0.25) is 0 Å². The van der Waals surface area contributed by atoms with E-state index in [9.17, 15) is 4.79 Å². The van der Waals surface area contributed by atoms with Crippen molar-refractivity contribution in [3.05, 3.63) is 30.0 Å². The Kier molecular flexibility index (Phi) is 6.95. The van der Waals surface area contributed by atoms with Crippen LogP contribution in [0.2, 0.25) is 0 Å². The van der Waals surface area contributed by atoms with E-state index in [1.165, 1.54) is 45.2 Å². The van der Waals surface area contributed by atoms with Crippen LogP contribution in [0.1, 0.15) is 62.7 Å². The van der Waals surface area contributed by atoms with E-state index >= 15 is 0 Å². The lowest BCUT2D eigenvalue weighted by Gasteiger charge is -2.32. The Morgan fingerprint density at radius 1 is 1.19 bits per heavy atom. The van der Waals surface area contributed by atoms with Crippen LogP contribution in [0.3, 0.4) is 0 Å². The van der Waals surface area contributed by atoms with Gasteiger partial charge in [0, 0.05) is 18.3 Å². The molecule has 0 amide bonds. The molecule has 2 aromatic rings. The average Bonchev–Trinajstić information content (AvgIpc) is 3.06. The summed E-state index contributed by atoms with van der Waals surface area (Å²) < 4.78 is 7.72. The fraction of sp³-hybridized carbons (Fsp3) is 0.609. The van der Waals surface area contributed by atoms with Gasteiger partial charge in [-0.2, -0.15) is 0 Å². The number of fused-ring (bicyclic) bond motifs is 1. The molecule has 1 aromatic carbocycles. The van der Waals surface area contributed by atoms with E-state index in [1.807, 2.05) is 18.3 Å². The molecule has 3 rings (SSSR count).